The number of carbonyl (C=O) groups excluding carboxylic acids is 1. The number of Topliss-reactive ketones (excluding diaryl/α,β-unsaturated/α-hetero) is 1. The second kappa shape index (κ2) is 3.17. The van der Waals surface area contributed by atoms with Crippen LogP contribution in [0.2, 0.25) is 0 Å². The highest BCUT2D eigenvalue weighted by Gasteiger charge is 2.41. The molecular weight excluding hydrogens is 152 g/mol. The Morgan fingerprint density at radius 3 is 2.42 bits per heavy atom. The molecule has 2 aliphatic rings. The molecule has 2 nitrogen and oxygen atoms in total. The maximum Gasteiger partial charge on any atom is 0.139 e. The lowest BCUT2D eigenvalue weighted by atomic mass is 9.86. The molecule has 2 saturated carbocycles. The normalized spacial score (nSPS) is 40.4. The molecule has 0 N–H and O–H groups in total. The van der Waals surface area contributed by atoms with Crippen molar-refractivity contribution >= 4 is 5.78 Å². The summed E-state index contributed by atoms with van der Waals surface area (Å²) in [4.78, 5) is 11.5. The number of hydrogen-bond acceptors (Lipinski definition) is 2. The van der Waals surface area contributed by atoms with Crippen LogP contribution in [0.3, 0.4) is 0 Å². The van der Waals surface area contributed by atoms with Crippen LogP contribution in [0, 0.1) is 11.8 Å². The quantitative estimate of drug-likeness (QED) is 0.628. The molecule has 0 spiro atoms. The average Bonchev–Trinajstić information content (AvgIpc) is 2.33. The molecular formula is C10H16O2. The predicted molar refractivity (Wildman–Crippen MR) is 45.9 cm³/mol. The maximum absolute atomic E-state index is 11.5. The summed E-state index contributed by atoms with van der Waals surface area (Å²) in [5.74, 6) is 1.21. The maximum atomic E-state index is 11.5. The summed E-state index contributed by atoms with van der Waals surface area (Å²) in [7, 11) is 0. The average molecular weight is 168 g/mol. The molecule has 0 aliphatic heterocycles. The first-order valence-electron chi connectivity index (χ1n) is 4.96. The van der Waals surface area contributed by atoms with E-state index in [1.54, 1.807) is 0 Å². The Labute approximate surface area is 73.3 Å². The first-order chi connectivity index (χ1) is 5.81. The Balaban J connectivity index is 1.98. The van der Waals surface area contributed by atoms with Crippen LogP contribution in [0.15, 0.2) is 0 Å². The molecule has 1 unspecified atom stereocenters. The van der Waals surface area contributed by atoms with E-state index in [9.17, 15) is 4.79 Å². The van der Waals surface area contributed by atoms with Crippen LogP contribution in [-0.4, -0.2) is 18.5 Å². The molecule has 0 aromatic heterocycles. The molecule has 2 aliphatic carbocycles. The predicted octanol–water partition coefficient (Wildman–Crippen LogP) is 1.78. The minimum absolute atomic E-state index is 0.347. The fourth-order valence-corrected chi connectivity index (χ4v) is 2.59. The van der Waals surface area contributed by atoms with Gasteiger partial charge in [0.1, 0.15) is 5.78 Å². The summed E-state index contributed by atoms with van der Waals surface area (Å²) >= 11 is 0. The zero-order valence-corrected chi connectivity index (χ0v) is 7.58. The highest BCUT2D eigenvalue weighted by Crippen LogP contribution is 2.40. The Bertz CT molecular complexity index is 172. The van der Waals surface area contributed by atoms with E-state index in [1.807, 2.05) is 6.92 Å². The lowest BCUT2D eigenvalue weighted by Crippen LogP contribution is -2.30. The van der Waals surface area contributed by atoms with E-state index in [0.29, 0.717) is 23.7 Å². The first-order valence-corrected chi connectivity index (χ1v) is 4.96. The van der Waals surface area contributed by atoms with E-state index >= 15 is 0 Å². The van der Waals surface area contributed by atoms with Crippen LogP contribution < -0.4 is 0 Å². The van der Waals surface area contributed by atoms with Gasteiger partial charge in [-0.25, -0.2) is 0 Å². The molecule has 0 aromatic rings. The van der Waals surface area contributed by atoms with Crippen molar-refractivity contribution in [3.8, 4) is 0 Å². The molecule has 2 fully saturated rings. The lowest BCUT2D eigenvalue weighted by molar-refractivity contribution is -0.129. The van der Waals surface area contributed by atoms with E-state index < -0.39 is 0 Å². The van der Waals surface area contributed by atoms with Gasteiger partial charge in [-0.05, 0) is 32.6 Å². The smallest absolute Gasteiger partial charge is 0.139 e. The van der Waals surface area contributed by atoms with Crippen molar-refractivity contribution in [1.29, 1.82) is 0 Å². The van der Waals surface area contributed by atoms with Gasteiger partial charge in [-0.1, -0.05) is 0 Å². The van der Waals surface area contributed by atoms with Crippen molar-refractivity contribution in [2.75, 3.05) is 6.61 Å². The van der Waals surface area contributed by atoms with E-state index in [-0.39, 0.29) is 0 Å². The minimum Gasteiger partial charge on any atom is -0.378 e. The van der Waals surface area contributed by atoms with Gasteiger partial charge in [0, 0.05) is 18.4 Å². The molecule has 68 valence electrons. The second-order valence-electron chi connectivity index (χ2n) is 3.92. The fourth-order valence-electron chi connectivity index (χ4n) is 2.59. The number of hydrogen-bond donors (Lipinski definition) is 0. The first kappa shape index (κ1) is 8.24. The van der Waals surface area contributed by atoms with Gasteiger partial charge in [0.05, 0.1) is 6.10 Å². The van der Waals surface area contributed by atoms with Crippen LogP contribution in [-0.2, 0) is 9.53 Å². The van der Waals surface area contributed by atoms with Crippen LogP contribution in [0.25, 0.3) is 0 Å². The lowest BCUT2D eigenvalue weighted by Gasteiger charge is -2.26. The number of rotatable bonds is 2. The summed E-state index contributed by atoms with van der Waals surface area (Å²) in [5.41, 5.74) is 0. The molecule has 0 radical (unpaired) electrons. The number of carbonyl (C=O) groups is 1. The molecule has 0 aromatic carbocycles. The topological polar surface area (TPSA) is 26.3 Å². The van der Waals surface area contributed by atoms with Crippen LogP contribution >= 0.6 is 0 Å². The second-order valence-corrected chi connectivity index (χ2v) is 3.92. The van der Waals surface area contributed by atoms with Gasteiger partial charge in [0.15, 0.2) is 0 Å². The van der Waals surface area contributed by atoms with Gasteiger partial charge in [0.25, 0.3) is 0 Å². The van der Waals surface area contributed by atoms with E-state index in [1.165, 1.54) is 0 Å². The van der Waals surface area contributed by atoms with Gasteiger partial charge in [-0.15, -0.1) is 0 Å². The van der Waals surface area contributed by atoms with Crippen molar-refractivity contribution in [3.05, 3.63) is 0 Å². The summed E-state index contributed by atoms with van der Waals surface area (Å²) in [5, 5.41) is 0. The van der Waals surface area contributed by atoms with E-state index in [4.69, 9.17) is 4.74 Å². The third-order valence-electron chi connectivity index (χ3n) is 3.17. The summed E-state index contributed by atoms with van der Waals surface area (Å²) in [6, 6.07) is 0. The van der Waals surface area contributed by atoms with Crippen molar-refractivity contribution in [2.24, 2.45) is 11.8 Å². The van der Waals surface area contributed by atoms with Crippen molar-refractivity contribution in [2.45, 2.75) is 38.7 Å². The molecule has 2 heteroatoms. The Hall–Kier alpha value is -0.370. The van der Waals surface area contributed by atoms with E-state index in [2.05, 4.69) is 0 Å². The monoisotopic (exact) mass is 168 g/mol. The van der Waals surface area contributed by atoms with Gasteiger partial charge >= 0.3 is 0 Å². The standard InChI is InChI=1S/C10H16O2/c1-2-12-9-5-7-3-4-8(6-9)10(7)11/h7-9H,2-6H2,1H3/t7-,8+,9?. The molecule has 0 amide bonds. The van der Waals surface area contributed by atoms with Crippen LogP contribution in [0.1, 0.15) is 32.6 Å². The SMILES string of the molecule is CCOC1C[C@H]2CC[C@@H](C1)C2=O. The van der Waals surface area contributed by atoms with Crippen molar-refractivity contribution in [3.63, 3.8) is 0 Å². The fraction of sp³-hybridized carbons (Fsp3) is 0.900. The van der Waals surface area contributed by atoms with Gasteiger partial charge in [-0.3, -0.25) is 4.79 Å². The number of fused-ring (bicyclic) bond motifs is 2. The molecule has 0 saturated heterocycles. The van der Waals surface area contributed by atoms with Crippen LogP contribution in [0.5, 0.6) is 0 Å². The zero-order chi connectivity index (χ0) is 8.55. The molecule has 0 heterocycles. The minimum atomic E-state index is 0.347. The summed E-state index contributed by atoms with van der Waals surface area (Å²) in [6.45, 7) is 2.82. The zero-order valence-electron chi connectivity index (χ0n) is 7.58. The Morgan fingerprint density at radius 1 is 1.33 bits per heavy atom. The van der Waals surface area contributed by atoms with Crippen LogP contribution in [0.4, 0.5) is 0 Å². The Kier molecular flexibility index (Phi) is 2.18. The van der Waals surface area contributed by atoms with Gasteiger partial charge in [0.2, 0.25) is 0 Å². The molecule has 2 bridgehead atoms. The highest BCUT2D eigenvalue weighted by molar-refractivity contribution is 5.86. The van der Waals surface area contributed by atoms with Gasteiger partial charge < -0.3 is 4.74 Å². The number of ether oxygens (including phenoxy) is 1. The molecule has 2 rings (SSSR count). The largest absolute Gasteiger partial charge is 0.378 e. The van der Waals surface area contributed by atoms with Gasteiger partial charge in [-0.2, -0.15) is 0 Å². The van der Waals surface area contributed by atoms with Crippen molar-refractivity contribution < 1.29 is 9.53 Å². The third-order valence-corrected chi connectivity index (χ3v) is 3.17. The molecule has 3 atom stereocenters. The van der Waals surface area contributed by atoms with E-state index in [0.717, 1.165) is 32.3 Å². The summed E-state index contributed by atoms with van der Waals surface area (Å²) < 4.78 is 5.56. The number of ketones is 1. The Morgan fingerprint density at radius 2 is 1.92 bits per heavy atom. The third kappa shape index (κ3) is 1.28. The van der Waals surface area contributed by atoms with Crippen molar-refractivity contribution in [1.82, 2.24) is 0 Å². The summed E-state index contributed by atoms with van der Waals surface area (Å²) in [6.07, 6.45) is 4.59. The molecule has 12 heavy (non-hydrogen) atoms. The highest BCUT2D eigenvalue weighted by atomic mass is 16.5.